The van der Waals surface area contributed by atoms with Crippen LogP contribution in [0.5, 0.6) is 0 Å². The molecule has 86 valence electrons. The third-order valence-electron chi connectivity index (χ3n) is 2.32. The summed E-state index contributed by atoms with van der Waals surface area (Å²) in [5.41, 5.74) is 7.21. The predicted molar refractivity (Wildman–Crippen MR) is 61.2 cm³/mol. The molecule has 17 heavy (non-hydrogen) atoms. The van der Waals surface area contributed by atoms with Crippen molar-refractivity contribution in [3.63, 3.8) is 0 Å². The van der Waals surface area contributed by atoms with Crippen LogP contribution in [0.3, 0.4) is 0 Å². The van der Waals surface area contributed by atoms with Gasteiger partial charge in [-0.2, -0.15) is 0 Å². The fourth-order valence-electron chi connectivity index (χ4n) is 1.57. The largest absolute Gasteiger partial charge is 0.382 e. The van der Waals surface area contributed by atoms with Crippen LogP contribution >= 0.6 is 0 Å². The van der Waals surface area contributed by atoms with E-state index in [1.807, 2.05) is 10.6 Å². The van der Waals surface area contributed by atoms with Crippen LogP contribution in [-0.2, 0) is 6.54 Å². The molecular weight excluding hydrogens is 220 g/mol. The van der Waals surface area contributed by atoms with Crippen LogP contribution in [0.4, 0.5) is 11.6 Å². The number of hydrogen-bond donors (Lipinski definition) is 2. The van der Waals surface area contributed by atoms with Crippen molar-refractivity contribution in [2.75, 3.05) is 11.1 Å². The van der Waals surface area contributed by atoms with Gasteiger partial charge < -0.3 is 20.0 Å². The molecule has 0 unspecified atom stereocenters. The van der Waals surface area contributed by atoms with Gasteiger partial charge in [0.15, 0.2) is 11.5 Å². The van der Waals surface area contributed by atoms with E-state index in [-0.39, 0.29) is 0 Å². The van der Waals surface area contributed by atoms with Crippen molar-refractivity contribution in [3.8, 4) is 0 Å². The standard InChI is InChI=1S/C10H10N6O/c11-8-6-16-3-2-12-10(16)9(14-8)13-5-7-1-4-17-15-7/h1-4,6H,5,11H2,(H,13,14). The van der Waals surface area contributed by atoms with Crippen LogP contribution in [-0.4, -0.2) is 19.5 Å². The van der Waals surface area contributed by atoms with Crippen LogP contribution in [0.15, 0.2) is 35.4 Å². The first-order valence-corrected chi connectivity index (χ1v) is 5.05. The second kappa shape index (κ2) is 3.78. The second-order valence-corrected chi connectivity index (χ2v) is 3.52. The van der Waals surface area contributed by atoms with Crippen molar-refractivity contribution in [1.82, 2.24) is 19.5 Å². The highest BCUT2D eigenvalue weighted by molar-refractivity contribution is 5.64. The van der Waals surface area contributed by atoms with Gasteiger partial charge in [-0.15, -0.1) is 0 Å². The van der Waals surface area contributed by atoms with Gasteiger partial charge in [-0.25, -0.2) is 9.97 Å². The molecule has 0 aliphatic rings. The monoisotopic (exact) mass is 230 g/mol. The molecule has 3 aromatic rings. The molecule has 0 fully saturated rings. The molecule has 0 amide bonds. The number of nitrogens with two attached hydrogens (primary N) is 1. The van der Waals surface area contributed by atoms with E-state index < -0.39 is 0 Å². The quantitative estimate of drug-likeness (QED) is 0.694. The normalized spacial score (nSPS) is 10.8. The molecule has 3 N–H and O–H groups in total. The smallest absolute Gasteiger partial charge is 0.180 e. The Morgan fingerprint density at radius 2 is 2.41 bits per heavy atom. The van der Waals surface area contributed by atoms with E-state index in [9.17, 15) is 0 Å². The van der Waals surface area contributed by atoms with Gasteiger partial charge in [-0.05, 0) is 0 Å². The first-order valence-electron chi connectivity index (χ1n) is 5.05. The molecule has 0 saturated carbocycles. The van der Waals surface area contributed by atoms with E-state index >= 15 is 0 Å². The number of fused-ring (bicyclic) bond motifs is 1. The van der Waals surface area contributed by atoms with Gasteiger partial charge >= 0.3 is 0 Å². The van der Waals surface area contributed by atoms with Crippen LogP contribution < -0.4 is 11.1 Å². The van der Waals surface area contributed by atoms with Gasteiger partial charge in [0.25, 0.3) is 0 Å². The van der Waals surface area contributed by atoms with Crippen LogP contribution in [0, 0.1) is 0 Å². The van der Waals surface area contributed by atoms with Gasteiger partial charge in [-0.1, -0.05) is 5.16 Å². The number of nitrogens with zero attached hydrogens (tertiary/aromatic N) is 4. The van der Waals surface area contributed by atoms with Crippen LogP contribution in [0.1, 0.15) is 5.69 Å². The van der Waals surface area contributed by atoms with Crippen molar-refractivity contribution >= 4 is 17.3 Å². The summed E-state index contributed by atoms with van der Waals surface area (Å²) in [4.78, 5) is 8.40. The summed E-state index contributed by atoms with van der Waals surface area (Å²) < 4.78 is 6.56. The Labute approximate surface area is 96.3 Å². The van der Waals surface area contributed by atoms with Crippen molar-refractivity contribution in [2.45, 2.75) is 6.54 Å². The molecule has 0 saturated heterocycles. The summed E-state index contributed by atoms with van der Waals surface area (Å²) in [7, 11) is 0. The first-order chi connectivity index (χ1) is 8.33. The Balaban J connectivity index is 1.91. The lowest BCUT2D eigenvalue weighted by atomic mass is 10.4. The fourth-order valence-corrected chi connectivity index (χ4v) is 1.57. The minimum atomic E-state index is 0.429. The van der Waals surface area contributed by atoms with Gasteiger partial charge in [0, 0.05) is 18.5 Å². The Hall–Kier alpha value is -2.57. The number of aromatic nitrogens is 4. The lowest BCUT2D eigenvalue weighted by Crippen LogP contribution is -2.06. The second-order valence-electron chi connectivity index (χ2n) is 3.52. The summed E-state index contributed by atoms with van der Waals surface area (Å²) in [5, 5.41) is 6.92. The predicted octanol–water partition coefficient (Wildman–Crippen LogP) is 0.912. The number of hydrogen-bond acceptors (Lipinski definition) is 6. The van der Waals surface area contributed by atoms with Crippen LogP contribution in [0.2, 0.25) is 0 Å². The zero-order chi connectivity index (χ0) is 11.7. The van der Waals surface area contributed by atoms with Crippen molar-refractivity contribution < 1.29 is 4.52 Å². The molecule has 3 aromatic heterocycles. The molecular formula is C10H10N6O. The fraction of sp³-hybridized carbons (Fsp3) is 0.100. The van der Waals surface area contributed by atoms with E-state index in [0.717, 1.165) is 11.3 Å². The van der Waals surface area contributed by atoms with Crippen molar-refractivity contribution in [1.29, 1.82) is 0 Å². The summed E-state index contributed by atoms with van der Waals surface area (Å²) in [5.74, 6) is 1.05. The van der Waals surface area contributed by atoms with E-state index in [1.165, 1.54) is 6.26 Å². The molecule has 0 atom stereocenters. The summed E-state index contributed by atoms with van der Waals surface area (Å²) >= 11 is 0. The average Bonchev–Trinajstić information content (AvgIpc) is 2.95. The minimum Gasteiger partial charge on any atom is -0.382 e. The number of nitrogens with one attached hydrogen (secondary N) is 1. The summed E-state index contributed by atoms with van der Waals surface area (Å²) in [6.07, 6.45) is 6.74. The highest BCUT2D eigenvalue weighted by atomic mass is 16.5. The molecule has 0 bridgehead atoms. The van der Waals surface area contributed by atoms with Crippen molar-refractivity contribution in [3.05, 3.63) is 36.6 Å². The molecule has 3 heterocycles. The lowest BCUT2D eigenvalue weighted by molar-refractivity contribution is 0.412. The maximum absolute atomic E-state index is 5.70. The Kier molecular flexibility index (Phi) is 2.14. The highest BCUT2D eigenvalue weighted by Gasteiger charge is 2.06. The first kappa shape index (κ1) is 9.64. The van der Waals surface area contributed by atoms with Gasteiger partial charge in [-0.3, -0.25) is 0 Å². The minimum absolute atomic E-state index is 0.429. The van der Waals surface area contributed by atoms with E-state index in [4.69, 9.17) is 10.3 Å². The van der Waals surface area contributed by atoms with E-state index in [2.05, 4.69) is 20.4 Å². The number of anilines is 2. The Bertz CT molecular complexity index is 629. The van der Waals surface area contributed by atoms with Crippen molar-refractivity contribution in [2.24, 2.45) is 0 Å². The Morgan fingerprint density at radius 1 is 1.47 bits per heavy atom. The zero-order valence-corrected chi connectivity index (χ0v) is 8.87. The third kappa shape index (κ3) is 1.78. The SMILES string of the molecule is Nc1cn2ccnc2c(NCc2ccon2)n1. The Morgan fingerprint density at radius 3 is 3.24 bits per heavy atom. The molecule has 0 aliphatic heterocycles. The molecule has 0 spiro atoms. The lowest BCUT2D eigenvalue weighted by Gasteiger charge is -2.05. The molecule has 7 nitrogen and oxygen atoms in total. The third-order valence-corrected chi connectivity index (χ3v) is 2.32. The number of imidazole rings is 1. The zero-order valence-electron chi connectivity index (χ0n) is 8.87. The van der Waals surface area contributed by atoms with E-state index in [0.29, 0.717) is 18.2 Å². The van der Waals surface area contributed by atoms with E-state index in [1.54, 1.807) is 18.5 Å². The van der Waals surface area contributed by atoms with Gasteiger partial charge in [0.1, 0.15) is 17.8 Å². The molecule has 3 rings (SSSR count). The highest BCUT2D eigenvalue weighted by Crippen LogP contribution is 2.15. The maximum Gasteiger partial charge on any atom is 0.180 e. The maximum atomic E-state index is 5.70. The summed E-state index contributed by atoms with van der Waals surface area (Å²) in [6.45, 7) is 0.509. The molecule has 0 aromatic carbocycles. The van der Waals surface area contributed by atoms with Gasteiger partial charge in [0.2, 0.25) is 0 Å². The average molecular weight is 230 g/mol. The topological polar surface area (TPSA) is 94.3 Å². The number of nitrogen functional groups attached to an aromatic ring is 1. The molecule has 0 radical (unpaired) electrons. The summed E-state index contributed by atoms with van der Waals surface area (Å²) in [6, 6.07) is 1.78. The molecule has 0 aliphatic carbocycles. The molecule has 7 heteroatoms. The van der Waals surface area contributed by atoms with Gasteiger partial charge in [0.05, 0.1) is 12.7 Å². The van der Waals surface area contributed by atoms with Crippen LogP contribution in [0.25, 0.3) is 5.65 Å². The number of rotatable bonds is 3.